The minimum absolute atomic E-state index is 0.116. The van der Waals surface area contributed by atoms with Gasteiger partial charge in [-0.2, -0.15) is 0 Å². The molecule has 0 fully saturated rings. The molecule has 0 saturated carbocycles. The van der Waals surface area contributed by atoms with E-state index in [4.69, 9.17) is 40.9 Å². The van der Waals surface area contributed by atoms with Crippen LogP contribution in [0.2, 0.25) is 0 Å². The third-order valence-electron chi connectivity index (χ3n) is 2.97. The molecule has 0 aliphatic heterocycles. The maximum absolute atomic E-state index is 8.89. The van der Waals surface area contributed by atoms with Crippen LogP contribution in [0.4, 0.5) is 0 Å². The second-order valence-corrected chi connectivity index (χ2v) is 5.45. The molecule has 0 aromatic rings. The summed E-state index contributed by atoms with van der Waals surface area (Å²) in [5.41, 5.74) is 0. The molecule has 23 heavy (non-hydrogen) atoms. The van der Waals surface area contributed by atoms with Crippen LogP contribution in [0.25, 0.3) is 0 Å². The Morgan fingerprint density at radius 2 is 0.913 bits per heavy atom. The highest BCUT2D eigenvalue weighted by atomic mass is 16.4. The first-order chi connectivity index (χ1) is 10.5. The van der Waals surface area contributed by atoms with Gasteiger partial charge in [0.15, 0.2) is 0 Å². The Kier molecular flexibility index (Phi) is 19.8. The summed E-state index contributed by atoms with van der Waals surface area (Å²) in [6.45, 7) is 7.72. The maximum Gasteiger partial charge on any atom is 0.108 e. The van der Waals surface area contributed by atoms with Crippen molar-refractivity contribution >= 4 is 0 Å². The predicted molar refractivity (Wildman–Crippen MR) is 86.7 cm³/mol. The van der Waals surface area contributed by atoms with Gasteiger partial charge in [-0.05, 0) is 33.6 Å². The highest BCUT2D eigenvalue weighted by Crippen LogP contribution is 2.02. The second-order valence-electron chi connectivity index (χ2n) is 5.45. The molecule has 0 saturated heterocycles. The van der Waals surface area contributed by atoms with Crippen molar-refractivity contribution in [3.63, 3.8) is 0 Å². The van der Waals surface area contributed by atoms with Gasteiger partial charge in [-0.3, -0.25) is 0 Å². The smallest absolute Gasteiger partial charge is 0.108 e. The third kappa shape index (κ3) is 17.9. The summed E-state index contributed by atoms with van der Waals surface area (Å²) >= 11 is 0. The Balaban J connectivity index is -0.000000273. The molecule has 0 aliphatic carbocycles. The molecule has 144 valence electrons. The van der Waals surface area contributed by atoms with E-state index in [2.05, 4.69) is 0 Å². The van der Waals surface area contributed by atoms with E-state index >= 15 is 0 Å². The molecule has 8 heteroatoms. The zero-order valence-electron chi connectivity index (χ0n) is 14.7. The van der Waals surface area contributed by atoms with E-state index in [-0.39, 0.29) is 6.10 Å². The van der Waals surface area contributed by atoms with Gasteiger partial charge in [0.2, 0.25) is 0 Å². The predicted octanol–water partition coefficient (Wildman–Crippen LogP) is -1.64. The van der Waals surface area contributed by atoms with Crippen LogP contribution in [0.1, 0.15) is 47.5 Å². The van der Waals surface area contributed by atoms with Gasteiger partial charge >= 0.3 is 0 Å². The SMILES string of the molecule is CC[C@@H](O)[C@@H](O)[C@H](C)O.CC[C@H](C)O.C[C@H](O)[C@@H](O)[C@H](O)CO. The fourth-order valence-electron chi connectivity index (χ4n) is 0.992. The molecule has 0 heterocycles. The van der Waals surface area contributed by atoms with Crippen molar-refractivity contribution in [3.8, 4) is 0 Å². The van der Waals surface area contributed by atoms with Gasteiger partial charge in [0.25, 0.3) is 0 Å². The Morgan fingerprint density at radius 1 is 0.609 bits per heavy atom. The summed E-state index contributed by atoms with van der Waals surface area (Å²) in [5.74, 6) is 0. The van der Waals surface area contributed by atoms with Gasteiger partial charge in [-0.1, -0.05) is 13.8 Å². The largest absolute Gasteiger partial charge is 0.394 e. The van der Waals surface area contributed by atoms with Crippen LogP contribution in [0.5, 0.6) is 0 Å². The van der Waals surface area contributed by atoms with Crippen molar-refractivity contribution in [3.05, 3.63) is 0 Å². The minimum atomic E-state index is -1.25. The topological polar surface area (TPSA) is 162 Å². The average Bonchev–Trinajstić information content (AvgIpc) is 2.52. The number of aliphatic hydroxyl groups excluding tert-OH is 8. The molecule has 0 aromatic heterocycles. The molecule has 7 atom stereocenters. The molecule has 0 rings (SSSR count). The van der Waals surface area contributed by atoms with Crippen LogP contribution in [0, 0.1) is 0 Å². The molecule has 0 amide bonds. The number of aliphatic hydroxyl groups is 8. The molecular formula is C15H36O8. The van der Waals surface area contributed by atoms with E-state index in [1.165, 1.54) is 13.8 Å². The average molecular weight is 344 g/mol. The highest BCUT2D eigenvalue weighted by Gasteiger charge is 2.19. The first-order valence-corrected chi connectivity index (χ1v) is 7.83. The van der Waals surface area contributed by atoms with Crippen LogP contribution in [-0.4, -0.2) is 90.2 Å². The van der Waals surface area contributed by atoms with Crippen LogP contribution < -0.4 is 0 Å². The van der Waals surface area contributed by atoms with Crippen LogP contribution in [-0.2, 0) is 0 Å². The lowest BCUT2D eigenvalue weighted by Crippen LogP contribution is -2.37. The second kappa shape index (κ2) is 16.5. The zero-order valence-corrected chi connectivity index (χ0v) is 14.7. The Hall–Kier alpha value is -0.320. The Morgan fingerprint density at radius 3 is 1.00 bits per heavy atom. The molecule has 0 aliphatic rings. The van der Waals surface area contributed by atoms with E-state index in [1.807, 2.05) is 6.92 Å². The van der Waals surface area contributed by atoms with E-state index < -0.39 is 43.2 Å². The van der Waals surface area contributed by atoms with Gasteiger partial charge in [-0.15, -0.1) is 0 Å². The van der Waals surface area contributed by atoms with E-state index in [1.54, 1.807) is 13.8 Å². The third-order valence-corrected chi connectivity index (χ3v) is 2.97. The monoisotopic (exact) mass is 344 g/mol. The van der Waals surface area contributed by atoms with E-state index in [0.717, 1.165) is 6.42 Å². The molecule has 0 unspecified atom stereocenters. The first kappa shape index (κ1) is 27.5. The summed E-state index contributed by atoms with van der Waals surface area (Å²) in [4.78, 5) is 0. The summed E-state index contributed by atoms with van der Waals surface area (Å²) in [5, 5.41) is 69.1. The summed E-state index contributed by atoms with van der Waals surface area (Å²) < 4.78 is 0. The van der Waals surface area contributed by atoms with Crippen molar-refractivity contribution in [1.82, 2.24) is 0 Å². The van der Waals surface area contributed by atoms with Crippen LogP contribution >= 0.6 is 0 Å². The van der Waals surface area contributed by atoms with E-state index in [9.17, 15) is 0 Å². The standard InChI is InChI=1S/C6H14O3.C5H12O4.C4H10O/c1-3-5(8)6(9)4(2)7;1-3(7)5(9)4(8)2-6;1-3-4(2)5/h4-9H,3H2,1-2H3;3-9H,2H2,1H3;4-5H,3H2,1-2H3/t4-,5+,6-;3-,4+,5+;4-/m000/s1. The number of rotatable bonds is 7. The quantitative estimate of drug-likeness (QED) is 0.273. The van der Waals surface area contributed by atoms with Crippen molar-refractivity contribution < 1.29 is 40.9 Å². The first-order valence-electron chi connectivity index (χ1n) is 7.83. The van der Waals surface area contributed by atoms with Gasteiger partial charge in [-0.25, -0.2) is 0 Å². The summed E-state index contributed by atoms with van der Waals surface area (Å²) in [6, 6.07) is 0. The molecule has 0 aromatic carbocycles. The van der Waals surface area contributed by atoms with Crippen molar-refractivity contribution in [2.75, 3.05) is 6.61 Å². The lowest BCUT2D eigenvalue weighted by molar-refractivity contribution is -0.0698. The lowest BCUT2D eigenvalue weighted by Gasteiger charge is -2.17. The van der Waals surface area contributed by atoms with Crippen LogP contribution in [0.15, 0.2) is 0 Å². The van der Waals surface area contributed by atoms with Gasteiger partial charge in [0.1, 0.15) is 18.3 Å². The van der Waals surface area contributed by atoms with Crippen molar-refractivity contribution in [1.29, 1.82) is 0 Å². The normalized spacial score (nSPS) is 19.7. The maximum atomic E-state index is 8.89. The summed E-state index contributed by atoms with van der Waals surface area (Å²) in [7, 11) is 0. The van der Waals surface area contributed by atoms with Crippen molar-refractivity contribution in [2.45, 2.75) is 90.2 Å². The fourth-order valence-corrected chi connectivity index (χ4v) is 0.992. The molecule has 0 radical (unpaired) electrons. The highest BCUT2D eigenvalue weighted by molar-refractivity contribution is 4.70. The fraction of sp³-hybridized carbons (Fsp3) is 1.00. The molecular weight excluding hydrogens is 308 g/mol. The van der Waals surface area contributed by atoms with Gasteiger partial charge < -0.3 is 40.9 Å². The minimum Gasteiger partial charge on any atom is -0.394 e. The number of hydrogen-bond donors (Lipinski definition) is 8. The Bertz CT molecular complexity index is 216. The Labute approximate surface area is 138 Å². The number of hydrogen-bond acceptors (Lipinski definition) is 8. The molecule has 0 bridgehead atoms. The van der Waals surface area contributed by atoms with Crippen molar-refractivity contribution in [2.24, 2.45) is 0 Å². The van der Waals surface area contributed by atoms with Gasteiger partial charge in [0, 0.05) is 0 Å². The zero-order chi connectivity index (χ0) is 19.2. The molecule has 8 nitrogen and oxygen atoms in total. The van der Waals surface area contributed by atoms with E-state index in [0.29, 0.717) is 6.42 Å². The van der Waals surface area contributed by atoms with Gasteiger partial charge in [0.05, 0.1) is 31.0 Å². The van der Waals surface area contributed by atoms with Crippen LogP contribution in [0.3, 0.4) is 0 Å². The summed E-state index contributed by atoms with van der Waals surface area (Å²) in [6.07, 6.45) is -4.95. The lowest BCUT2D eigenvalue weighted by atomic mass is 10.1. The molecule has 0 spiro atoms. The molecule has 8 N–H and O–H groups in total.